The van der Waals surface area contributed by atoms with Gasteiger partial charge in [-0.1, -0.05) is 18.2 Å². The molecule has 41 heavy (non-hydrogen) atoms. The van der Waals surface area contributed by atoms with Crippen LogP contribution in [0.3, 0.4) is 0 Å². The van der Waals surface area contributed by atoms with Crippen LogP contribution in [0, 0.1) is 5.82 Å². The van der Waals surface area contributed by atoms with Crippen LogP contribution in [0.5, 0.6) is 0 Å². The van der Waals surface area contributed by atoms with Gasteiger partial charge in [0.15, 0.2) is 5.65 Å². The molecule has 1 amide bonds. The SMILES string of the molecule is C[C@@H]1CN(c2ncnc3c2c(-c2ccccc2F)cn3-c2cc(C(F)(F)F)ccn2)[C@@H](C)CN1C(=O)OC1(C)CC1. The van der Waals surface area contributed by atoms with E-state index in [0.717, 1.165) is 31.2 Å². The number of amides is 1. The van der Waals surface area contributed by atoms with Gasteiger partial charge in [-0.25, -0.2) is 24.1 Å². The fourth-order valence-corrected chi connectivity index (χ4v) is 5.27. The summed E-state index contributed by atoms with van der Waals surface area (Å²) < 4.78 is 62.9. The van der Waals surface area contributed by atoms with E-state index in [0.29, 0.717) is 29.9 Å². The fourth-order valence-electron chi connectivity index (χ4n) is 5.27. The average molecular weight is 569 g/mol. The first-order valence-corrected chi connectivity index (χ1v) is 13.4. The van der Waals surface area contributed by atoms with Crippen LogP contribution in [-0.2, 0) is 10.9 Å². The van der Waals surface area contributed by atoms with Gasteiger partial charge in [-0.2, -0.15) is 13.2 Å². The Labute approximate surface area is 233 Å². The smallest absolute Gasteiger partial charge is 0.416 e. The lowest BCUT2D eigenvalue weighted by Gasteiger charge is -2.44. The monoisotopic (exact) mass is 568 g/mol. The van der Waals surface area contributed by atoms with Gasteiger partial charge >= 0.3 is 12.3 Å². The van der Waals surface area contributed by atoms with Gasteiger partial charge in [-0.05, 0) is 51.8 Å². The number of carbonyl (C=O) groups is 1. The molecule has 4 heterocycles. The summed E-state index contributed by atoms with van der Waals surface area (Å²) in [7, 11) is 0. The first-order chi connectivity index (χ1) is 19.4. The molecule has 1 saturated carbocycles. The van der Waals surface area contributed by atoms with E-state index in [1.54, 1.807) is 29.3 Å². The molecule has 0 bridgehead atoms. The number of halogens is 4. The molecule has 12 heteroatoms. The predicted octanol–water partition coefficient (Wildman–Crippen LogP) is 6.23. The van der Waals surface area contributed by atoms with Crippen LogP contribution in [0.2, 0.25) is 0 Å². The highest BCUT2D eigenvalue weighted by molar-refractivity contribution is 6.02. The molecule has 2 aliphatic rings. The highest BCUT2D eigenvalue weighted by atomic mass is 19.4. The molecule has 6 rings (SSSR count). The molecule has 3 aromatic heterocycles. The number of ether oxygens (including phenoxy) is 1. The van der Waals surface area contributed by atoms with Crippen molar-refractivity contribution in [1.82, 2.24) is 24.4 Å². The molecule has 0 unspecified atom stereocenters. The minimum atomic E-state index is -4.57. The minimum absolute atomic E-state index is 0.0142. The number of alkyl halides is 3. The molecule has 0 radical (unpaired) electrons. The minimum Gasteiger partial charge on any atom is -0.443 e. The average Bonchev–Trinajstić information content (AvgIpc) is 3.53. The number of hydrogen-bond acceptors (Lipinski definition) is 6. The third kappa shape index (κ3) is 4.95. The molecule has 214 valence electrons. The van der Waals surface area contributed by atoms with E-state index in [1.165, 1.54) is 17.0 Å². The highest BCUT2D eigenvalue weighted by Crippen LogP contribution is 2.41. The van der Waals surface area contributed by atoms with Crippen LogP contribution in [0.1, 0.15) is 39.2 Å². The van der Waals surface area contributed by atoms with E-state index in [9.17, 15) is 18.0 Å². The van der Waals surface area contributed by atoms with E-state index in [2.05, 4.69) is 15.0 Å². The van der Waals surface area contributed by atoms with Gasteiger partial charge in [0.1, 0.15) is 29.4 Å². The third-order valence-corrected chi connectivity index (χ3v) is 7.83. The number of pyridine rings is 1. The quantitative estimate of drug-likeness (QED) is 0.272. The summed E-state index contributed by atoms with van der Waals surface area (Å²) in [5.74, 6) is -0.0268. The lowest BCUT2D eigenvalue weighted by atomic mass is 10.0. The lowest BCUT2D eigenvalue weighted by Crippen LogP contribution is -2.58. The van der Waals surface area contributed by atoms with Crippen molar-refractivity contribution < 1.29 is 27.1 Å². The maximum Gasteiger partial charge on any atom is 0.416 e. The van der Waals surface area contributed by atoms with Gasteiger partial charge < -0.3 is 14.5 Å². The Morgan fingerprint density at radius 2 is 1.78 bits per heavy atom. The maximum atomic E-state index is 15.1. The summed E-state index contributed by atoms with van der Waals surface area (Å²) in [6, 6.07) is 7.56. The number of anilines is 1. The molecule has 2 fully saturated rings. The zero-order valence-electron chi connectivity index (χ0n) is 22.7. The Bertz CT molecular complexity index is 1630. The molecular weight excluding hydrogens is 540 g/mol. The van der Waals surface area contributed by atoms with Crippen LogP contribution in [0.15, 0.2) is 55.1 Å². The number of benzene rings is 1. The van der Waals surface area contributed by atoms with Gasteiger partial charge in [-0.3, -0.25) is 4.57 Å². The fraction of sp³-hybridized carbons (Fsp3) is 0.379. The lowest BCUT2D eigenvalue weighted by molar-refractivity contribution is -0.137. The van der Waals surface area contributed by atoms with Crippen molar-refractivity contribution in [2.45, 2.75) is 57.5 Å². The number of nitrogens with zero attached hydrogens (tertiary/aromatic N) is 6. The van der Waals surface area contributed by atoms with Gasteiger partial charge in [-0.15, -0.1) is 0 Å². The van der Waals surface area contributed by atoms with Crippen molar-refractivity contribution in [3.63, 3.8) is 0 Å². The molecule has 8 nitrogen and oxygen atoms in total. The van der Waals surface area contributed by atoms with Gasteiger partial charge in [0, 0.05) is 48.7 Å². The zero-order chi connectivity index (χ0) is 29.1. The van der Waals surface area contributed by atoms with Crippen LogP contribution in [0.4, 0.5) is 28.2 Å². The second kappa shape index (κ2) is 9.71. The number of fused-ring (bicyclic) bond motifs is 1. The topological polar surface area (TPSA) is 76.4 Å². The number of carbonyl (C=O) groups excluding carboxylic acids is 1. The van der Waals surface area contributed by atoms with Crippen LogP contribution < -0.4 is 4.90 Å². The Morgan fingerprint density at radius 1 is 1.02 bits per heavy atom. The van der Waals surface area contributed by atoms with E-state index >= 15 is 4.39 Å². The van der Waals surface area contributed by atoms with Crippen molar-refractivity contribution in [1.29, 1.82) is 0 Å². The van der Waals surface area contributed by atoms with Gasteiger partial charge in [0.25, 0.3) is 0 Å². The second-order valence-corrected chi connectivity index (χ2v) is 11.0. The molecule has 4 aromatic rings. The number of hydrogen-bond donors (Lipinski definition) is 0. The predicted molar refractivity (Wildman–Crippen MR) is 144 cm³/mol. The molecular formula is C29H28F4N6O2. The van der Waals surface area contributed by atoms with Crippen LogP contribution in [0.25, 0.3) is 28.0 Å². The summed E-state index contributed by atoms with van der Waals surface area (Å²) in [5, 5.41) is 0.470. The number of aromatic nitrogens is 4. The van der Waals surface area contributed by atoms with Crippen LogP contribution in [-0.4, -0.2) is 61.3 Å². The largest absolute Gasteiger partial charge is 0.443 e. The van der Waals surface area contributed by atoms with E-state index in [4.69, 9.17) is 4.74 Å². The summed E-state index contributed by atoms with van der Waals surface area (Å²) in [5.41, 5.74) is -0.318. The van der Waals surface area contributed by atoms with E-state index in [-0.39, 0.29) is 35.2 Å². The van der Waals surface area contributed by atoms with Crippen molar-refractivity contribution in [3.8, 4) is 16.9 Å². The number of rotatable bonds is 4. The molecule has 0 spiro atoms. The highest BCUT2D eigenvalue weighted by Gasteiger charge is 2.44. The Balaban J connectivity index is 1.46. The van der Waals surface area contributed by atoms with Gasteiger partial charge in [0.05, 0.1) is 10.9 Å². The summed E-state index contributed by atoms with van der Waals surface area (Å²) in [6.45, 7) is 6.56. The van der Waals surface area contributed by atoms with Crippen molar-refractivity contribution >= 4 is 22.9 Å². The Morgan fingerprint density at radius 3 is 2.49 bits per heavy atom. The summed E-state index contributed by atoms with van der Waals surface area (Å²) in [6.07, 6.45) is 0.722. The summed E-state index contributed by atoms with van der Waals surface area (Å²) >= 11 is 0. The van der Waals surface area contributed by atoms with Crippen molar-refractivity contribution in [3.05, 3.63) is 66.5 Å². The number of piperazine rings is 1. The molecule has 0 N–H and O–H groups in total. The molecule has 2 atom stereocenters. The molecule has 1 aliphatic carbocycles. The van der Waals surface area contributed by atoms with Crippen molar-refractivity contribution in [2.24, 2.45) is 0 Å². The zero-order valence-corrected chi connectivity index (χ0v) is 22.7. The van der Waals surface area contributed by atoms with E-state index < -0.39 is 23.2 Å². The maximum absolute atomic E-state index is 15.1. The Hall–Kier alpha value is -4.22. The third-order valence-electron chi connectivity index (χ3n) is 7.83. The molecule has 1 aliphatic heterocycles. The first kappa shape index (κ1) is 27.0. The molecule has 1 saturated heterocycles. The second-order valence-electron chi connectivity index (χ2n) is 11.0. The Kier molecular flexibility index (Phi) is 6.39. The molecule has 1 aromatic carbocycles. The normalized spacial score (nSPS) is 20.4. The van der Waals surface area contributed by atoms with Crippen molar-refractivity contribution in [2.75, 3.05) is 18.0 Å². The first-order valence-electron chi connectivity index (χ1n) is 13.4. The van der Waals surface area contributed by atoms with Crippen LogP contribution >= 0.6 is 0 Å². The standard InChI is InChI=1S/C29H28F4N6O2/c1-17-14-38(27(40)41-28(3)9-10-28)18(2)13-37(17)25-24-21(20-6-4-5-7-22(20)30)15-39(26(24)36-16-35-25)23-12-19(8-11-34-23)29(31,32)33/h4-8,11-12,15-18H,9-10,13-14H2,1-3H3/t17-,18+/m0/s1. The van der Waals surface area contributed by atoms with E-state index in [1.807, 2.05) is 25.7 Å². The van der Waals surface area contributed by atoms with Gasteiger partial charge in [0.2, 0.25) is 0 Å². The summed E-state index contributed by atoms with van der Waals surface area (Å²) in [4.78, 5) is 29.8.